The molecule has 0 aromatic heterocycles. The molecule has 4 rings (SSSR count). The van der Waals surface area contributed by atoms with Crippen molar-refractivity contribution in [2.24, 2.45) is 5.92 Å². The van der Waals surface area contributed by atoms with E-state index in [4.69, 9.17) is 4.74 Å². The summed E-state index contributed by atoms with van der Waals surface area (Å²) in [5.74, 6) is -0.134. The van der Waals surface area contributed by atoms with Crippen molar-refractivity contribution in [1.29, 1.82) is 0 Å². The molecule has 2 aromatic rings. The largest absolute Gasteiger partial charge is 0.445 e. The monoisotopic (exact) mass is 461 g/mol. The number of urea groups is 1. The molecule has 0 saturated carbocycles. The summed E-state index contributed by atoms with van der Waals surface area (Å²) in [5, 5.41) is 0. The number of benzene rings is 2. The number of likely N-dealkylation sites (tertiary alicyclic amines) is 1. The van der Waals surface area contributed by atoms with Crippen LogP contribution in [0.5, 0.6) is 0 Å². The molecule has 2 saturated heterocycles. The minimum absolute atomic E-state index is 0.114. The molecule has 0 bridgehead atoms. The van der Waals surface area contributed by atoms with Gasteiger partial charge >= 0.3 is 12.1 Å². The molecule has 2 fully saturated rings. The second kappa shape index (κ2) is 10.5. The third-order valence-corrected chi connectivity index (χ3v) is 6.75. The molecule has 4 amide bonds. The average molecular weight is 462 g/mol. The number of carbonyl (C=O) groups is 3. The van der Waals surface area contributed by atoms with Gasteiger partial charge in [0, 0.05) is 20.1 Å². The molecule has 0 radical (unpaired) electrons. The lowest BCUT2D eigenvalue weighted by Crippen LogP contribution is -2.38. The molecule has 7 nitrogen and oxygen atoms in total. The van der Waals surface area contributed by atoms with Gasteiger partial charge in [0.1, 0.15) is 6.61 Å². The Balaban J connectivity index is 1.32. The number of imide groups is 1. The highest BCUT2D eigenvalue weighted by Gasteiger charge is 2.44. The van der Waals surface area contributed by atoms with Crippen molar-refractivity contribution in [1.82, 2.24) is 14.7 Å². The fourth-order valence-electron chi connectivity index (χ4n) is 4.58. The van der Waals surface area contributed by atoms with Gasteiger partial charge in [0.15, 0.2) is 0 Å². The van der Waals surface area contributed by atoms with E-state index in [1.807, 2.05) is 73.7 Å². The third kappa shape index (κ3) is 5.14. The number of carbonyl (C=O) groups excluding carboxylic acids is 3. The summed E-state index contributed by atoms with van der Waals surface area (Å²) in [6.45, 7) is 3.37. The van der Waals surface area contributed by atoms with Gasteiger partial charge in [-0.1, -0.05) is 66.7 Å². The molecular weight excluding hydrogens is 430 g/mol. The standard InChI is InChI=1S/C27H31N3O4/c1-20-25(23-11-7-4-8-12-23)30(26(32)28(20)2)24(31)14-13-21-15-17-29(18-16-21)27(33)34-19-22-9-5-3-6-10-22/h3-14,20-21,25H,15-19H2,1-2H3/t20-,25-/m0/s1. The Hall–Kier alpha value is -3.61. The summed E-state index contributed by atoms with van der Waals surface area (Å²) >= 11 is 0. The van der Waals surface area contributed by atoms with E-state index in [1.165, 1.54) is 11.0 Å². The van der Waals surface area contributed by atoms with Gasteiger partial charge in [-0.15, -0.1) is 0 Å². The summed E-state index contributed by atoms with van der Waals surface area (Å²) in [6.07, 6.45) is 4.58. The van der Waals surface area contributed by atoms with Crippen molar-refractivity contribution in [2.75, 3.05) is 20.1 Å². The van der Waals surface area contributed by atoms with E-state index in [9.17, 15) is 14.4 Å². The van der Waals surface area contributed by atoms with Gasteiger partial charge in [0.05, 0.1) is 12.1 Å². The maximum Gasteiger partial charge on any atom is 0.410 e. The van der Waals surface area contributed by atoms with E-state index < -0.39 is 0 Å². The first kappa shape index (κ1) is 23.5. The first-order valence-electron chi connectivity index (χ1n) is 11.7. The first-order chi connectivity index (χ1) is 16.5. The Morgan fingerprint density at radius 2 is 1.62 bits per heavy atom. The van der Waals surface area contributed by atoms with E-state index in [0.29, 0.717) is 13.1 Å². The van der Waals surface area contributed by atoms with Crippen LogP contribution in [0.4, 0.5) is 9.59 Å². The quantitative estimate of drug-likeness (QED) is 0.610. The molecule has 34 heavy (non-hydrogen) atoms. The Morgan fingerprint density at radius 3 is 2.26 bits per heavy atom. The van der Waals surface area contributed by atoms with Crippen LogP contribution >= 0.6 is 0 Å². The van der Waals surface area contributed by atoms with Crippen LogP contribution in [0.2, 0.25) is 0 Å². The number of hydrogen-bond acceptors (Lipinski definition) is 4. The zero-order valence-electron chi connectivity index (χ0n) is 19.7. The average Bonchev–Trinajstić information content (AvgIpc) is 3.11. The summed E-state index contributed by atoms with van der Waals surface area (Å²) in [6, 6.07) is 18.5. The van der Waals surface area contributed by atoms with Crippen LogP contribution in [0, 0.1) is 5.92 Å². The van der Waals surface area contributed by atoms with Gasteiger partial charge in [-0.05, 0) is 42.9 Å². The first-order valence-corrected chi connectivity index (χ1v) is 11.7. The van der Waals surface area contributed by atoms with Crippen LogP contribution in [0.1, 0.15) is 36.9 Å². The topological polar surface area (TPSA) is 70.2 Å². The number of rotatable bonds is 5. The van der Waals surface area contributed by atoms with Crippen molar-refractivity contribution in [3.8, 4) is 0 Å². The number of ether oxygens (including phenoxy) is 1. The Labute approximate surface area is 200 Å². The Kier molecular flexibility index (Phi) is 7.30. The van der Waals surface area contributed by atoms with Gasteiger partial charge in [-0.25, -0.2) is 9.59 Å². The zero-order chi connectivity index (χ0) is 24.1. The van der Waals surface area contributed by atoms with Crippen LogP contribution in [0.15, 0.2) is 72.8 Å². The minimum Gasteiger partial charge on any atom is -0.445 e. The van der Waals surface area contributed by atoms with Gasteiger partial charge in [0.2, 0.25) is 0 Å². The van der Waals surface area contributed by atoms with E-state index in [-0.39, 0.29) is 42.6 Å². The number of allylic oxidation sites excluding steroid dienone is 1. The zero-order valence-corrected chi connectivity index (χ0v) is 19.7. The summed E-state index contributed by atoms with van der Waals surface area (Å²) in [5.41, 5.74) is 1.90. The van der Waals surface area contributed by atoms with Crippen molar-refractivity contribution in [2.45, 2.75) is 38.5 Å². The molecule has 2 aliphatic rings. The van der Waals surface area contributed by atoms with E-state index >= 15 is 0 Å². The highest BCUT2D eigenvalue weighted by Crippen LogP contribution is 2.34. The van der Waals surface area contributed by atoms with Crippen LogP contribution in [-0.4, -0.2) is 58.9 Å². The summed E-state index contributed by atoms with van der Waals surface area (Å²) in [4.78, 5) is 42.9. The van der Waals surface area contributed by atoms with E-state index in [1.54, 1.807) is 16.8 Å². The number of piperidine rings is 1. The lowest BCUT2D eigenvalue weighted by molar-refractivity contribution is -0.124. The van der Waals surface area contributed by atoms with E-state index in [2.05, 4.69) is 0 Å². The van der Waals surface area contributed by atoms with Crippen LogP contribution in [0.3, 0.4) is 0 Å². The Bertz CT molecular complexity index is 1030. The highest BCUT2D eigenvalue weighted by molar-refractivity contribution is 6.02. The SMILES string of the molecule is C[C@H]1[C@@H](c2ccccc2)N(C(=O)C=CC2CCN(C(=O)OCc3ccccc3)CC2)C(=O)N1C. The number of likely N-dealkylation sites (N-methyl/N-ethyl adjacent to an activating group) is 1. The summed E-state index contributed by atoms with van der Waals surface area (Å²) in [7, 11) is 1.73. The maximum absolute atomic E-state index is 13.1. The Morgan fingerprint density at radius 1 is 1.00 bits per heavy atom. The fourth-order valence-corrected chi connectivity index (χ4v) is 4.58. The lowest BCUT2D eigenvalue weighted by Gasteiger charge is -2.30. The fraction of sp³-hybridized carbons (Fsp3) is 0.370. The molecule has 2 atom stereocenters. The van der Waals surface area contributed by atoms with Gasteiger partial charge in [0.25, 0.3) is 5.91 Å². The molecule has 0 aliphatic carbocycles. The normalized spacial score (nSPS) is 21.4. The second-order valence-corrected chi connectivity index (χ2v) is 8.92. The molecule has 0 unspecified atom stereocenters. The molecule has 2 aromatic carbocycles. The minimum atomic E-state index is -0.322. The predicted molar refractivity (Wildman–Crippen MR) is 129 cm³/mol. The summed E-state index contributed by atoms with van der Waals surface area (Å²) < 4.78 is 5.42. The predicted octanol–water partition coefficient (Wildman–Crippen LogP) is 4.62. The van der Waals surface area contributed by atoms with Gasteiger partial charge < -0.3 is 14.5 Å². The molecule has 0 N–H and O–H groups in total. The van der Waals surface area contributed by atoms with Crippen molar-refractivity contribution in [3.63, 3.8) is 0 Å². The van der Waals surface area contributed by atoms with Gasteiger partial charge in [-0.2, -0.15) is 0 Å². The van der Waals surface area contributed by atoms with Crippen LogP contribution < -0.4 is 0 Å². The van der Waals surface area contributed by atoms with Crippen molar-refractivity contribution in [3.05, 3.63) is 83.9 Å². The second-order valence-electron chi connectivity index (χ2n) is 8.92. The molecule has 178 valence electrons. The molecule has 2 aliphatic heterocycles. The number of nitrogens with zero attached hydrogens (tertiary/aromatic N) is 3. The molecular formula is C27H31N3O4. The molecule has 0 spiro atoms. The lowest BCUT2D eigenvalue weighted by atomic mass is 9.96. The van der Waals surface area contributed by atoms with Crippen LogP contribution in [-0.2, 0) is 16.1 Å². The molecule has 2 heterocycles. The van der Waals surface area contributed by atoms with Crippen molar-refractivity contribution >= 4 is 18.0 Å². The maximum atomic E-state index is 13.1. The van der Waals surface area contributed by atoms with E-state index in [0.717, 1.165) is 24.0 Å². The van der Waals surface area contributed by atoms with Crippen molar-refractivity contribution < 1.29 is 19.1 Å². The van der Waals surface area contributed by atoms with Gasteiger partial charge in [-0.3, -0.25) is 9.69 Å². The smallest absolute Gasteiger partial charge is 0.410 e. The highest BCUT2D eigenvalue weighted by atomic mass is 16.6. The molecule has 7 heteroatoms. The number of hydrogen-bond donors (Lipinski definition) is 0. The number of amides is 4. The van der Waals surface area contributed by atoms with Crippen LogP contribution in [0.25, 0.3) is 0 Å². The third-order valence-electron chi connectivity index (χ3n) is 6.75.